The first-order valence-corrected chi connectivity index (χ1v) is 8.41. The van der Waals surface area contributed by atoms with Gasteiger partial charge < -0.3 is 9.84 Å². The van der Waals surface area contributed by atoms with Crippen molar-refractivity contribution in [1.29, 1.82) is 0 Å². The van der Waals surface area contributed by atoms with Crippen LogP contribution in [-0.4, -0.2) is 35.1 Å². The monoisotopic (exact) mass is 347 g/mol. The van der Waals surface area contributed by atoms with E-state index in [1.807, 2.05) is 49.1 Å². The molecule has 0 fully saturated rings. The molecule has 0 aliphatic heterocycles. The van der Waals surface area contributed by atoms with Gasteiger partial charge >= 0.3 is 5.97 Å². The first kappa shape index (κ1) is 18.3. The van der Waals surface area contributed by atoms with Crippen molar-refractivity contribution in [3.8, 4) is 11.5 Å². The molecule has 0 saturated heterocycles. The minimum atomic E-state index is -0.843. The fraction of sp³-hybridized carbons (Fsp3) is 0.316. The summed E-state index contributed by atoms with van der Waals surface area (Å²) in [5.41, 5.74) is 0.783. The highest BCUT2D eigenvalue weighted by Gasteiger charge is 2.25. The molecule has 4 nitrogen and oxygen atoms in total. The zero-order valence-corrected chi connectivity index (χ0v) is 14.7. The van der Waals surface area contributed by atoms with Crippen molar-refractivity contribution in [3.63, 3.8) is 0 Å². The summed E-state index contributed by atoms with van der Waals surface area (Å²) in [5, 5.41) is 10.2. The second kappa shape index (κ2) is 8.71. The predicted octanol–water partition coefficient (Wildman–Crippen LogP) is 4.47. The summed E-state index contributed by atoms with van der Waals surface area (Å²) in [6.07, 6.45) is 0.333. The highest BCUT2D eigenvalue weighted by molar-refractivity contribution is 6.30. The summed E-state index contributed by atoms with van der Waals surface area (Å²) >= 11 is 6.11. The molecule has 0 aromatic heterocycles. The SMILES string of the molecule is CCN(CC)[C@H](Cc1cc(Cl)ccc1Oc1ccccc1)C(=O)O. The van der Waals surface area contributed by atoms with Crippen molar-refractivity contribution in [3.05, 3.63) is 59.1 Å². The molecule has 0 aliphatic rings. The minimum Gasteiger partial charge on any atom is -0.480 e. The zero-order valence-electron chi connectivity index (χ0n) is 13.9. The van der Waals surface area contributed by atoms with Gasteiger partial charge in [0.15, 0.2) is 0 Å². The maximum Gasteiger partial charge on any atom is 0.321 e. The third kappa shape index (κ3) is 4.73. The topological polar surface area (TPSA) is 49.8 Å². The van der Waals surface area contributed by atoms with Gasteiger partial charge in [-0.2, -0.15) is 0 Å². The van der Waals surface area contributed by atoms with Gasteiger partial charge in [0, 0.05) is 11.4 Å². The molecule has 0 unspecified atom stereocenters. The van der Waals surface area contributed by atoms with E-state index >= 15 is 0 Å². The quantitative estimate of drug-likeness (QED) is 0.765. The van der Waals surface area contributed by atoms with E-state index in [2.05, 4.69) is 0 Å². The number of halogens is 1. The van der Waals surface area contributed by atoms with E-state index in [1.165, 1.54) is 0 Å². The van der Waals surface area contributed by atoms with E-state index in [1.54, 1.807) is 18.2 Å². The van der Waals surface area contributed by atoms with E-state index in [0.29, 0.717) is 36.0 Å². The van der Waals surface area contributed by atoms with E-state index in [4.69, 9.17) is 16.3 Å². The van der Waals surface area contributed by atoms with Crippen LogP contribution in [0.15, 0.2) is 48.5 Å². The molecular formula is C19H22ClNO3. The molecule has 2 rings (SSSR count). The molecule has 0 bridgehead atoms. The molecule has 0 radical (unpaired) electrons. The van der Waals surface area contributed by atoms with E-state index in [0.717, 1.165) is 5.56 Å². The Hall–Kier alpha value is -2.04. The number of hydrogen-bond acceptors (Lipinski definition) is 3. The molecule has 0 saturated carbocycles. The maximum atomic E-state index is 11.7. The Bertz CT molecular complexity index is 672. The van der Waals surface area contributed by atoms with Crippen molar-refractivity contribution in [1.82, 2.24) is 4.90 Å². The van der Waals surface area contributed by atoms with Crippen LogP contribution in [0.2, 0.25) is 5.02 Å². The minimum absolute atomic E-state index is 0.333. The molecular weight excluding hydrogens is 326 g/mol. The van der Waals surface area contributed by atoms with Crippen LogP contribution in [0.1, 0.15) is 19.4 Å². The Labute approximate surface area is 147 Å². The van der Waals surface area contributed by atoms with Crippen LogP contribution < -0.4 is 4.74 Å². The van der Waals surface area contributed by atoms with Gasteiger partial charge in [0.25, 0.3) is 0 Å². The summed E-state index contributed by atoms with van der Waals surface area (Å²) < 4.78 is 5.92. The van der Waals surface area contributed by atoms with Gasteiger partial charge in [0.2, 0.25) is 0 Å². The van der Waals surface area contributed by atoms with Gasteiger partial charge in [-0.3, -0.25) is 9.69 Å². The summed E-state index contributed by atoms with van der Waals surface area (Å²) in [4.78, 5) is 13.6. The Balaban J connectivity index is 2.30. The van der Waals surface area contributed by atoms with E-state index in [9.17, 15) is 9.90 Å². The highest BCUT2D eigenvalue weighted by atomic mass is 35.5. The Morgan fingerprint density at radius 3 is 2.42 bits per heavy atom. The lowest BCUT2D eigenvalue weighted by Gasteiger charge is -2.26. The molecule has 1 atom stereocenters. The number of benzene rings is 2. The lowest BCUT2D eigenvalue weighted by molar-refractivity contribution is -0.143. The van der Waals surface area contributed by atoms with Crippen LogP contribution >= 0.6 is 11.6 Å². The average Bonchev–Trinajstić information content (AvgIpc) is 2.58. The van der Waals surface area contributed by atoms with E-state index in [-0.39, 0.29) is 0 Å². The van der Waals surface area contributed by atoms with Crippen LogP contribution in [0.4, 0.5) is 0 Å². The Morgan fingerprint density at radius 1 is 1.17 bits per heavy atom. The molecule has 1 N–H and O–H groups in total. The lowest BCUT2D eigenvalue weighted by atomic mass is 10.0. The van der Waals surface area contributed by atoms with Gasteiger partial charge in [-0.15, -0.1) is 0 Å². The second-order valence-corrected chi connectivity index (χ2v) is 5.88. The molecule has 0 amide bonds. The number of ether oxygens (including phenoxy) is 1. The summed E-state index contributed by atoms with van der Waals surface area (Å²) in [7, 11) is 0. The van der Waals surface area contributed by atoms with Crippen molar-refractivity contribution in [2.24, 2.45) is 0 Å². The van der Waals surface area contributed by atoms with Crippen LogP contribution in [-0.2, 0) is 11.2 Å². The van der Waals surface area contributed by atoms with Gasteiger partial charge in [0.05, 0.1) is 0 Å². The third-order valence-corrected chi connectivity index (χ3v) is 4.18. The second-order valence-electron chi connectivity index (χ2n) is 5.45. The van der Waals surface area contributed by atoms with Crippen LogP contribution in [0, 0.1) is 0 Å². The largest absolute Gasteiger partial charge is 0.480 e. The number of likely N-dealkylation sites (N-methyl/N-ethyl adjacent to an activating group) is 1. The summed E-state index contributed by atoms with van der Waals surface area (Å²) in [5.74, 6) is 0.490. The fourth-order valence-electron chi connectivity index (χ4n) is 2.67. The highest BCUT2D eigenvalue weighted by Crippen LogP contribution is 2.29. The number of aliphatic carboxylic acids is 1. The van der Waals surface area contributed by atoms with Crippen molar-refractivity contribution >= 4 is 17.6 Å². The molecule has 0 spiro atoms. The molecule has 24 heavy (non-hydrogen) atoms. The van der Waals surface area contributed by atoms with Gasteiger partial charge in [-0.05, 0) is 49.0 Å². The van der Waals surface area contributed by atoms with Crippen molar-refractivity contribution in [2.45, 2.75) is 26.3 Å². The standard InChI is InChI=1S/C19H22ClNO3/c1-3-21(4-2)17(19(22)23)13-14-12-15(20)10-11-18(14)24-16-8-6-5-7-9-16/h5-12,17H,3-4,13H2,1-2H3,(H,22,23)/t17-/m1/s1. The first-order valence-electron chi connectivity index (χ1n) is 8.03. The third-order valence-electron chi connectivity index (χ3n) is 3.95. The molecule has 128 valence electrons. The van der Waals surface area contributed by atoms with Gasteiger partial charge in [-0.25, -0.2) is 0 Å². The summed E-state index contributed by atoms with van der Waals surface area (Å²) in [6, 6.07) is 14.1. The van der Waals surface area contributed by atoms with E-state index < -0.39 is 12.0 Å². The Kier molecular flexibility index (Phi) is 6.64. The van der Waals surface area contributed by atoms with Crippen molar-refractivity contribution < 1.29 is 14.6 Å². The Morgan fingerprint density at radius 2 is 1.83 bits per heavy atom. The predicted molar refractivity (Wildman–Crippen MR) is 96.0 cm³/mol. The van der Waals surface area contributed by atoms with Crippen molar-refractivity contribution in [2.75, 3.05) is 13.1 Å². The number of para-hydroxylation sites is 1. The van der Waals surface area contributed by atoms with Gasteiger partial charge in [-0.1, -0.05) is 43.6 Å². The van der Waals surface area contributed by atoms with Gasteiger partial charge in [0.1, 0.15) is 17.5 Å². The molecule has 2 aromatic carbocycles. The molecule has 2 aromatic rings. The summed E-state index contributed by atoms with van der Waals surface area (Å²) in [6.45, 7) is 5.25. The number of hydrogen-bond donors (Lipinski definition) is 1. The first-order chi connectivity index (χ1) is 11.5. The fourth-order valence-corrected chi connectivity index (χ4v) is 2.86. The molecule has 0 aliphatic carbocycles. The zero-order chi connectivity index (χ0) is 17.5. The normalized spacial score (nSPS) is 12.2. The maximum absolute atomic E-state index is 11.7. The number of nitrogens with zero attached hydrogens (tertiary/aromatic N) is 1. The molecule has 0 heterocycles. The molecule has 5 heteroatoms. The lowest BCUT2D eigenvalue weighted by Crippen LogP contribution is -2.42. The van der Waals surface area contributed by atoms with Crippen LogP contribution in [0.5, 0.6) is 11.5 Å². The number of carbonyl (C=O) groups is 1. The smallest absolute Gasteiger partial charge is 0.321 e. The van der Waals surface area contributed by atoms with Crippen LogP contribution in [0.3, 0.4) is 0 Å². The number of carboxylic acid groups (broad SMARTS) is 1. The number of carboxylic acids is 1. The average molecular weight is 348 g/mol. The van der Waals surface area contributed by atoms with Crippen LogP contribution in [0.25, 0.3) is 0 Å². The number of rotatable bonds is 8.